The number of thioether (sulfide) groups is 6. The maximum atomic E-state index is 6.34. The van der Waals surface area contributed by atoms with Crippen LogP contribution in [0, 0.1) is 0 Å². The van der Waals surface area contributed by atoms with Crippen molar-refractivity contribution in [1.82, 2.24) is 0 Å². The molecule has 0 saturated heterocycles. The third-order valence-electron chi connectivity index (χ3n) is 10.8. The van der Waals surface area contributed by atoms with Gasteiger partial charge in [0.2, 0.25) is 0 Å². The maximum absolute atomic E-state index is 6.34. The second-order valence-electron chi connectivity index (χ2n) is 15.6. The summed E-state index contributed by atoms with van der Waals surface area (Å²) in [5, 5.41) is 4.55. The smallest absolute Gasteiger partial charge is 0.0406 e. The van der Waals surface area contributed by atoms with Crippen molar-refractivity contribution in [3.8, 4) is 0 Å². The van der Waals surface area contributed by atoms with E-state index in [4.69, 9.17) is 69.6 Å². The highest BCUT2D eigenvalue weighted by atomic mass is 35.5. The molecule has 0 amide bonds. The molecule has 0 bridgehead atoms. The van der Waals surface area contributed by atoms with Crippen LogP contribution < -0.4 is 0 Å². The van der Waals surface area contributed by atoms with Crippen LogP contribution >= 0.6 is 140 Å². The van der Waals surface area contributed by atoms with Gasteiger partial charge >= 0.3 is 0 Å². The SMILES string of the molecule is Clc1ccc(CSCc2c(CSCc3ccc(Cl)cc3)c(CSCc3ccc(Cl)cc3)c(CSCc3ccc(Cl)cc3)c(CSCc3ccc(Cl)cc3)c2CSCc2ccc(Cl)cc2)cc1. The minimum Gasteiger partial charge on any atom is -0.152 e. The average molecular weight is 1100 g/mol. The van der Waals surface area contributed by atoms with Crippen LogP contribution in [0.2, 0.25) is 30.1 Å². The Labute approximate surface area is 447 Å². The van der Waals surface area contributed by atoms with Crippen molar-refractivity contribution in [3.05, 3.63) is 242 Å². The van der Waals surface area contributed by atoms with Crippen molar-refractivity contribution in [2.75, 3.05) is 0 Å². The second kappa shape index (κ2) is 27.7. The minimum atomic E-state index is 0.759. The summed E-state index contributed by atoms with van der Waals surface area (Å²) in [5.74, 6) is 10.8. The fraction of sp³-hybridized carbons (Fsp3) is 0.222. The fourth-order valence-corrected chi connectivity index (χ4v) is 14.5. The summed E-state index contributed by atoms with van der Waals surface area (Å²) < 4.78 is 0. The summed E-state index contributed by atoms with van der Waals surface area (Å²) >= 11 is 50.0. The Morgan fingerprint density at radius 3 is 0.424 bits per heavy atom. The molecule has 0 aromatic heterocycles. The Kier molecular flexibility index (Phi) is 21.9. The first-order valence-corrected chi connectivity index (χ1v) is 30.5. The largest absolute Gasteiger partial charge is 0.152 e. The molecule has 0 saturated carbocycles. The Morgan fingerprint density at radius 1 is 0.182 bits per heavy atom. The van der Waals surface area contributed by atoms with Crippen molar-refractivity contribution in [3.63, 3.8) is 0 Å². The molecule has 0 aliphatic rings. The highest BCUT2D eigenvalue weighted by molar-refractivity contribution is 7.99. The number of benzene rings is 7. The Hall–Kier alpha value is -1.62. The zero-order chi connectivity index (χ0) is 46.1. The van der Waals surface area contributed by atoms with Crippen LogP contribution in [-0.2, 0) is 69.0 Å². The van der Waals surface area contributed by atoms with Crippen LogP contribution in [0.5, 0.6) is 0 Å². The quantitative estimate of drug-likeness (QED) is 0.0587. The van der Waals surface area contributed by atoms with Gasteiger partial charge in [0.05, 0.1) is 0 Å². The van der Waals surface area contributed by atoms with Gasteiger partial charge in [0, 0.05) is 99.2 Å². The summed E-state index contributed by atoms with van der Waals surface area (Å²) in [6.45, 7) is 0. The molecule has 0 atom stereocenters. The van der Waals surface area contributed by atoms with Crippen molar-refractivity contribution >= 4 is 140 Å². The molecule has 0 N–H and O–H groups in total. The Morgan fingerprint density at radius 2 is 0.303 bits per heavy atom. The molecular formula is C54H48Cl6S6. The predicted octanol–water partition coefficient (Wildman–Crippen LogP) is 20.2. The first kappa shape index (κ1) is 52.2. The molecule has 0 radical (unpaired) electrons. The lowest BCUT2D eigenvalue weighted by molar-refractivity contribution is 1.07. The van der Waals surface area contributed by atoms with Crippen LogP contribution in [0.1, 0.15) is 66.8 Å². The van der Waals surface area contributed by atoms with Gasteiger partial charge in [-0.25, -0.2) is 0 Å². The molecular weight excluding hydrogens is 1050 g/mol. The molecule has 0 heterocycles. The standard InChI is InChI=1S/C54H48Cl6S6/c55-43-13-1-37(2-14-43)25-61-31-49-50(32-62-26-38-3-15-44(56)16-4-38)52(34-64-28-40-7-19-46(58)20-8-40)54(36-66-30-42-11-23-48(60)24-12-42)53(35-65-29-41-9-21-47(59)22-10-41)51(49)33-63-27-39-5-17-45(57)18-6-39/h1-24H,25-36H2. The van der Waals surface area contributed by atoms with Crippen molar-refractivity contribution in [2.24, 2.45) is 0 Å². The molecule has 0 aliphatic carbocycles. The molecule has 7 aromatic carbocycles. The Bertz CT molecular complexity index is 2080. The van der Waals surface area contributed by atoms with Gasteiger partial charge < -0.3 is 0 Å². The van der Waals surface area contributed by atoms with E-state index < -0.39 is 0 Å². The molecule has 66 heavy (non-hydrogen) atoms. The number of hydrogen-bond donors (Lipinski definition) is 0. The number of hydrogen-bond acceptors (Lipinski definition) is 6. The highest BCUT2D eigenvalue weighted by Gasteiger charge is 2.25. The van der Waals surface area contributed by atoms with Gasteiger partial charge in [-0.1, -0.05) is 142 Å². The molecule has 7 aromatic rings. The van der Waals surface area contributed by atoms with Gasteiger partial charge in [-0.05, 0) is 140 Å². The molecule has 0 fully saturated rings. The molecule has 0 nitrogen and oxygen atoms in total. The summed E-state index contributed by atoms with van der Waals surface area (Å²) in [6.07, 6.45) is 0. The lowest BCUT2D eigenvalue weighted by Gasteiger charge is -2.27. The topological polar surface area (TPSA) is 0 Å². The number of halogens is 6. The van der Waals surface area contributed by atoms with E-state index in [1.165, 1.54) is 66.8 Å². The maximum Gasteiger partial charge on any atom is 0.0406 e. The average Bonchev–Trinajstić information content (AvgIpc) is 3.32. The molecule has 342 valence electrons. The van der Waals surface area contributed by atoms with E-state index in [-0.39, 0.29) is 0 Å². The highest BCUT2D eigenvalue weighted by Crippen LogP contribution is 2.42. The van der Waals surface area contributed by atoms with Gasteiger partial charge in [-0.3, -0.25) is 0 Å². The normalized spacial score (nSPS) is 11.4. The monoisotopic (exact) mass is 1100 g/mol. The zero-order valence-corrected chi connectivity index (χ0v) is 45.5. The minimum absolute atomic E-state index is 0.759. The van der Waals surface area contributed by atoms with E-state index in [2.05, 4.69) is 72.8 Å². The van der Waals surface area contributed by atoms with E-state index in [0.717, 1.165) is 99.2 Å². The van der Waals surface area contributed by atoms with Gasteiger partial charge in [0.1, 0.15) is 0 Å². The molecule has 0 unspecified atom stereocenters. The molecule has 0 spiro atoms. The fourth-order valence-electron chi connectivity index (χ4n) is 7.25. The van der Waals surface area contributed by atoms with E-state index >= 15 is 0 Å². The number of rotatable bonds is 24. The van der Waals surface area contributed by atoms with E-state index in [1.54, 1.807) is 0 Å². The first-order valence-electron chi connectivity index (χ1n) is 21.3. The zero-order valence-electron chi connectivity index (χ0n) is 36.1. The van der Waals surface area contributed by atoms with E-state index in [0.29, 0.717) is 0 Å². The summed E-state index contributed by atoms with van der Waals surface area (Å²) in [4.78, 5) is 0. The van der Waals surface area contributed by atoms with E-state index in [1.807, 2.05) is 143 Å². The van der Waals surface area contributed by atoms with Gasteiger partial charge in [-0.15, -0.1) is 0 Å². The van der Waals surface area contributed by atoms with Gasteiger partial charge in [-0.2, -0.15) is 70.6 Å². The van der Waals surface area contributed by atoms with Crippen LogP contribution in [0.4, 0.5) is 0 Å². The van der Waals surface area contributed by atoms with Crippen LogP contribution in [-0.4, -0.2) is 0 Å². The molecule has 7 rings (SSSR count). The van der Waals surface area contributed by atoms with Crippen LogP contribution in [0.25, 0.3) is 0 Å². The summed E-state index contributed by atoms with van der Waals surface area (Å²) in [6, 6.07) is 49.8. The van der Waals surface area contributed by atoms with Crippen LogP contribution in [0.3, 0.4) is 0 Å². The predicted molar refractivity (Wildman–Crippen MR) is 305 cm³/mol. The first-order chi connectivity index (χ1) is 32.2. The summed E-state index contributed by atoms with van der Waals surface area (Å²) in [5.41, 5.74) is 16.5. The summed E-state index contributed by atoms with van der Waals surface area (Å²) in [7, 11) is 0. The Balaban J connectivity index is 1.33. The lowest BCUT2D eigenvalue weighted by Crippen LogP contribution is -2.12. The third-order valence-corrected chi connectivity index (χ3v) is 18.4. The molecule has 0 aliphatic heterocycles. The second-order valence-corrected chi connectivity index (χ2v) is 24.1. The van der Waals surface area contributed by atoms with Gasteiger partial charge in [0.15, 0.2) is 0 Å². The van der Waals surface area contributed by atoms with Gasteiger partial charge in [0.25, 0.3) is 0 Å². The lowest BCUT2D eigenvalue weighted by atomic mass is 9.90. The van der Waals surface area contributed by atoms with Crippen LogP contribution in [0.15, 0.2) is 146 Å². The third kappa shape index (κ3) is 16.8. The van der Waals surface area contributed by atoms with Crippen molar-refractivity contribution < 1.29 is 0 Å². The van der Waals surface area contributed by atoms with Crippen molar-refractivity contribution in [2.45, 2.75) is 69.0 Å². The molecule has 12 heteroatoms. The van der Waals surface area contributed by atoms with E-state index in [9.17, 15) is 0 Å². The van der Waals surface area contributed by atoms with Crippen molar-refractivity contribution in [1.29, 1.82) is 0 Å².